The SMILES string of the molecule is Cc1ccc(C(C)C)c(Oc2ccc(NC(=O)c3cccc(NC(=O)[C@@H]4[C@H]5C[C@H]6[C@H](OC(=O)[C@@H]64)[C@H]5Br)c3)cc2)c1. The van der Waals surface area contributed by atoms with E-state index in [1.165, 1.54) is 0 Å². The van der Waals surface area contributed by atoms with E-state index >= 15 is 0 Å². The van der Waals surface area contributed by atoms with Crippen LogP contribution in [0.2, 0.25) is 0 Å². The van der Waals surface area contributed by atoms with Crippen LogP contribution in [0.25, 0.3) is 0 Å². The molecule has 2 aliphatic carbocycles. The Hall–Kier alpha value is -3.65. The number of benzene rings is 3. The lowest BCUT2D eigenvalue weighted by molar-refractivity contribution is -0.145. The molecule has 2 N–H and O–H groups in total. The van der Waals surface area contributed by atoms with Gasteiger partial charge in [0.25, 0.3) is 5.91 Å². The minimum atomic E-state index is -0.435. The van der Waals surface area contributed by atoms with E-state index in [0.717, 1.165) is 23.3 Å². The van der Waals surface area contributed by atoms with Crippen LogP contribution in [-0.4, -0.2) is 28.7 Å². The molecule has 1 heterocycles. The van der Waals surface area contributed by atoms with Gasteiger partial charge in [0.05, 0.1) is 16.7 Å². The molecule has 0 unspecified atom stereocenters. The maximum Gasteiger partial charge on any atom is 0.310 e. The molecule has 7 nitrogen and oxygen atoms in total. The van der Waals surface area contributed by atoms with E-state index in [1.807, 2.05) is 25.1 Å². The van der Waals surface area contributed by atoms with E-state index in [2.05, 4.69) is 52.5 Å². The Morgan fingerprint density at radius 1 is 0.975 bits per heavy atom. The van der Waals surface area contributed by atoms with Crippen molar-refractivity contribution >= 4 is 45.1 Å². The first-order valence-corrected chi connectivity index (χ1v) is 14.6. The van der Waals surface area contributed by atoms with Gasteiger partial charge in [-0.15, -0.1) is 0 Å². The van der Waals surface area contributed by atoms with Gasteiger partial charge in [-0.05, 0) is 84.8 Å². The predicted octanol–water partition coefficient (Wildman–Crippen LogP) is 6.67. The average Bonchev–Trinajstić information content (AvgIpc) is 3.54. The molecule has 3 aromatic carbocycles. The summed E-state index contributed by atoms with van der Waals surface area (Å²) < 4.78 is 11.7. The number of hydrogen-bond acceptors (Lipinski definition) is 5. The van der Waals surface area contributed by atoms with Crippen molar-refractivity contribution in [2.24, 2.45) is 23.7 Å². The molecule has 0 spiro atoms. The molecule has 206 valence electrons. The van der Waals surface area contributed by atoms with E-state index in [9.17, 15) is 14.4 Å². The minimum Gasteiger partial charge on any atom is -0.461 e. The van der Waals surface area contributed by atoms with Gasteiger partial charge in [0.15, 0.2) is 0 Å². The molecule has 1 aliphatic heterocycles. The minimum absolute atomic E-state index is 0.00100. The number of carbonyl (C=O) groups is 3. The fourth-order valence-electron chi connectivity index (χ4n) is 6.44. The maximum atomic E-state index is 13.2. The monoisotopic (exact) mass is 602 g/mol. The summed E-state index contributed by atoms with van der Waals surface area (Å²) in [5.74, 6) is 0.397. The molecule has 2 saturated carbocycles. The van der Waals surface area contributed by atoms with Crippen LogP contribution in [-0.2, 0) is 14.3 Å². The zero-order valence-electron chi connectivity index (χ0n) is 22.5. The lowest BCUT2D eigenvalue weighted by atomic mass is 9.79. The van der Waals surface area contributed by atoms with Crippen LogP contribution in [0.3, 0.4) is 0 Å². The third kappa shape index (κ3) is 4.79. The molecule has 3 aliphatic rings. The molecule has 3 fully saturated rings. The van der Waals surface area contributed by atoms with E-state index in [0.29, 0.717) is 28.6 Å². The Balaban J connectivity index is 1.10. The first kappa shape index (κ1) is 26.6. The second-order valence-electron chi connectivity index (χ2n) is 11.3. The summed E-state index contributed by atoms with van der Waals surface area (Å²) in [4.78, 5) is 38.7. The number of carbonyl (C=O) groups excluding carboxylic acids is 3. The Bertz CT molecular complexity index is 1490. The van der Waals surface area contributed by atoms with Crippen molar-refractivity contribution in [3.63, 3.8) is 0 Å². The number of esters is 1. The van der Waals surface area contributed by atoms with Crippen molar-refractivity contribution in [3.05, 3.63) is 83.4 Å². The highest BCUT2D eigenvalue weighted by molar-refractivity contribution is 9.09. The van der Waals surface area contributed by atoms with Crippen molar-refractivity contribution in [1.29, 1.82) is 0 Å². The predicted molar refractivity (Wildman–Crippen MR) is 156 cm³/mol. The number of amides is 2. The van der Waals surface area contributed by atoms with E-state index in [1.54, 1.807) is 36.4 Å². The largest absolute Gasteiger partial charge is 0.461 e. The van der Waals surface area contributed by atoms with Gasteiger partial charge in [0.1, 0.15) is 17.6 Å². The molecular formula is C32H31BrN2O5. The number of anilines is 2. The lowest BCUT2D eigenvalue weighted by Crippen LogP contribution is -2.40. The van der Waals surface area contributed by atoms with Crippen LogP contribution in [0.15, 0.2) is 66.7 Å². The van der Waals surface area contributed by atoms with E-state index in [-0.39, 0.29) is 46.5 Å². The van der Waals surface area contributed by atoms with Crippen molar-refractivity contribution in [3.8, 4) is 11.5 Å². The average molecular weight is 604 g/mol. The summed E-state index contributed by atoms with van der Waals surface area (Å²) in [7, 11) is 0. The Kier molecular flexibility index (Phi) is 6.90. The first-order chi connectivity index (χ1) is 19.2. The van der Waals surface area contributed by atoms with Gasteiger partial charge in [-0.1, -0.05) is 48.0 Å². The van der Waals surface area contributed by atoms with Gasteiger partial charge in [-0.25, -0.2) is 0 Å². The Morgan fingerprint density at radius 3 is 2.50 bits per heavy atom. The fraction of sp³-hybridized carbons (Fsp3) is 0.344. The molecule has 0 aromatic heterocycles. The molecule has 0 radical (unpaired) electrons. The van der Waals surface area contributed by atoms with Crippen molar-refractivity contribution in [2.75, 3.05) is 10.6 Å². The van der Waals surface area contributed by atoms with Crippen LogP contribution < -0.4 is 15.4 Å². The van der Waals surface area contributed by atoms with Crippen LogP contribution >= 0.6 is 15.9 Å². The summed E-state index contributed by atoms with van der Waals surface area (Å²) in [5, 5.41) is 5.84. The summed E-state index contributed by atoms with van der Waals surface area (Å²) in [5.41, 5.74) is 3.80. The topological polar surface area (TPSA) is 93.7 Å². The Morgan fingerprint density at radius 2 is 1.75 bits per heavy atom. The molecule has 1 saturated heterocycles. The Labute approximate surface area is 241 Å². The van der Waals surface area contributed by atoms with Gasteiger partial charge in [0.2, 0.25) is 5.91 Å². The third-order valence-electron chi connectivity index (χ3n) is 8.35. The normalized spacial score (nSPS) is 26.1. The molecule has 6 rings (SSSR count). The zero-order valence-corrected chi connectivity index (χ0v) is 24.1. The smallest absolute Gasteiger partial charge is 0.310 e. The maximum absolute atomic E-state index is 13.2. The number of ether oxygens (including phenoxy) is 2. The van der Waals surface area contributed by atoms with Crippen LogP contribution in [0.5, 0.6) is 11.5 Å². The van der Waals surface area contributed by atoms with Crippen LogP contribution in [0, 0.1) is 30.6 Å². The van der Waals surface area contributed by atoms with Gasteiger partial charge in [-0.3, -0.25) is 14.4 Å². The number of fused-ring (bicyclic) bond motifs is 1. The molecule has 3 aromatic rings. The lowest BCUT2D eigenvalue weighted by Gasteiger charge is -2.27. The first-order valence-electron chi connectivity index (χ1n) is 13.6. The number of rotatable bonds is 7. The number of alkyl halides is 1. The standard InChI is InChI=1S/C32H31BrN2O5/c1-16(2)22-12-7-17(3)13-25(22)39-21-10-8-19(9-11-21)34-30(36)18-5-4-6-20(14-18)35-31(37)26-23-15-24-27(26)32(38)40-29(24)28(23)33/h4-14,16,23-24,26-29H,15H2,1-3H3,(H,34,36)(H,35,37)/t23-,24-,26-,27+,28+,29+/m1/s1. The summed E-state index contributed by atoms with van der Waals surface area (Å²) in [6.07, 6.45) is 0.685. The quantitative estimate of drug-likeness (QED) is 0.232. The number of nitrogens with one attached hydrogen (secondary N) is 2. The second-order valence-corrected chi connectivity index (χ2v) is 12.4. The highest BCUT2D eigenvalue weighted by Crippen LogP contribution is 2.60. The van der Waals surface area contributed by atoms with Crippen molar-refractivity contribution in [1.82, 2.24) is 0 Å². The highest BCUT2D eigenvalue weighted by Gasteiger charge is 2.67. The summed E-state index contributed by atoms with van der Waals surface area (Å²) in [6.45, 7) is 6.30. The van der Waals surface area contributed by atoms with Crippen molar-refractivity contribution < 1.29 is 23.9 Å². The molecule has 40 heavy (non-hydrogen) atoms. The fourth-order valence-corrected chi connectivity index (χ4v) is 7.48. The van der Waals surface area contributed by atoms with Crippen LogP contribution in [0.4, 0.5) is 11.4 Å². The second kappa shape index (κ2) is 10.4. The third-order valence-corrected chi connectivity index (χ3v) is 9.55. The summed E-state index contributed by atoms with van der Waals surface area (Å²) in [6, 6.07) is 20.2. The van der Waals surface area contributed by atoms with Gasteiger partial charge < -0.3 is 20.1 Å². The number of aryl methyl sites for hydroxylation is 1. The summed E-state index contributed by atoms with van der Waals surface area (Å²) >= 11 is 3.65. The van der Waals surface area contributed by atoms with Crippen LogP contribution in [0.1, 0.15) is 47.7 Å². The van der Waals surface area contributed by atoms with Gasteiger partial charge in [-0.2, -0.15) is 0 Å². The molecular weight excluding hydrogens is 572 g/mol. The van der Waals surface area contributed by atoms with E-state index in [4.69, 9.17) is 9.47 Å². The van der Waals surface area contributed by atoms with Crippen molar-refractivity contribution in [2.45, 2.75) is 44.0 Å². The van der Waals surface area contributed by atoms with E-state index < -0.39 is 5.92 Å². The molecule has 8 heteroatoms. The van der Waals surface area contributed by atoms with Gasteiger partial charge in [0, 0.05) is 22.9 Å². The number of halogens is 1. The number of hydrogen-bond donors (Lipinski definition) is 2. The highest BCUT2D eigenvalue weighted by atomic mass is 79.9. The molecule has 2 amide bonds. The van der Waals surface area contributed by atoms with Gasteiger partial charge >= 0.3 is 5.97 Å². The molecule has 6 atom stereocenters. The zero-order chi connectivity index (χ0) is 28.1. The molecule has 2 bridgehead atoms.